The van der Waals surface area contributed by atoms with E-state index < -0.39 is 0 Å². The molecule has 0 amide bonds. The molecule has 1 aliphatic heterocycles. The maximum Gasteiger partial charge on any atom is 0.169 e. The minimum atomic E-state index is 0.356. The third-order valence-electron chi connectivity index (χ3n) is 3.08. The average molecular weight is 239 g/mol. The highest BCUT2D eigenvalue weighted by Gasteiger charge is 2.15. The molecule has 0 atom stereocenters. The fourth-order valence-electron chi connectivity index (χ4n) is 2.15. The lowest BCUT2D eigenvalue weighted by Gasteiger charge is -2.26. The van der Waals surface area contributed by atoms with Crippen molar-refractivity contribution in [3.63, 3.8) is 0 Å². The van der Waals surface area contributed by atoms with Crippen LogP contribution in [0.3, 0.4) is 0 Å². The second-order valence-corrected chi connectivity index (χ2v) is 4.69. The summed E-state index contributed by atoms with van der Waals surface area (Å²) in [5.41, 5.74) is 6.86. The summed E-state index contributed by atoms with van der Waals surface area (Å²) in [5.74, 6) is 0.914. The lowest BCUT2D eigenvalue weighted by atomic mass is 10.1. The van der Waals surface area contributed by atoms with Crippen LogP contribution in [-0.2, 0) is 11.3 Å². The van der Waals surface area contributed by atoms with Crippen LogP contribution in [-0.4, -0.2) is 52.7 Å². The van der Waals surface area contributed by atoms with Gasteiger partial charge in [-0.1, -0.05) is 19.1 Å². The first-order chi connectivity index (χ1) is 8.18. The molecule has 0 radical (unpaired) electrons. The largest absolute Gasteiger partial charge is 0.381 e. The minimum Gasteiger partial charge on any atom is -0.381 e. The summed E-state index contributed by atoms with van der Waals surface area (Å²) in [6.45, 7) is 9.71. The first-order valence-electron chi connectivity index (χ1n) is 6.17. The van der Waals surface area contributed by atoms with E-state index in [4.69, 9.17) is 10.5 Å². The molecule has 1 aromatic rings. The Kier molecular flexibility index (Phi) is 3.96. The molecule has 2 rings (SSSR count). The molecular weight excluding hydrogens is 218 g/mol. The Bertz CT molecular complexity index is 357. The summed E-state index contributed by atoms with van der Waals surface area (Å²) < 4.78 is 7.25. The van der Waals surface area contributed by atoms with Crippen molar-refractivity contribution < 1.29 is 4.74 Å². The third kappa shape index (κ3) is 2.95. The fraction of sp³-hybridized carbons (Fsp3) is 0.818. The number of anilines is 1. The zero-order valence-electron chi connectivity index (χ0n) is 10.6. The minimum absolute atomic E-state index is 0.356. The number of rotatable bonds is 4. The van der Waals surface area contributed by atoms with E-state index in [1.807, 2.05) is 4.68 Å². The zero-order chi connectivity index (χ0) is 12.3. The summed E-state index contributed by atoms with van der Waals surface area (Å²) >= 11 is 0. The number of hydrogen-bond donors (Lipinski definition) is 1. The molecule has 1 aliphatic rings. The van der Waals surface area contributed by atoms with Crippen molar-refractivity contribution in [1.29, 1.82) is 0 Å². The Balaban J connectivity index is 1.94. The van der Waals surface area contributed by atoms with Gasteiger partial charge in [-0.3, -0.25) is 4.90 Å². The van der Waals surface area contributed by atoms with Crippen molar-refractivity contribution in [2.75, 3.05) is 38.6 Å². The molecule has 2 heterocycles. The van der Waals surface area contributed by atoms with E-state index in [0.29, 0.717) is 11.7 Å². The fourth-order valence-corrected chi connectivity index (χ4v) is 2.15. The van der Waals surface area contributed by atoms with Crippen LogP contribution in [0.1, 0.15) is 25.5 Å². The number of ether oxygens (including phenoxy) is 1. The molecule has 2 N–H and O–H groups in total. The van der Waals surface area contributed by atoms with E-state index in [1.54, 1.807) is 0 Å². The molecule has 6 nitrogen and oxygen atoms in total. The van der Waals surface area contributed by atoms with Gasteiger partial charge in [0.25, 0.3) is 0 Å². The number of nitrogens with zero attached hydrogens (tertiary/aromatic N) is 4. The van der Waals surface area contributed by atoms with Crippen LogP contribution in [0.4, 0.5) is 5.82 Å². The van der Waals surface area contributed by atoms with Crippen LogP contribution in [0, 0.1) is 0 Å². The van der Waals surface area contributed by atoms with Gasteiger partial charge in [0.1, 0.15) is 0 Å². The second kappa shape index (κ2) is 5.46. The Morgan fingerprint density at radius 1 is 1.29 bits per heavy atom. The highest BCUT2D eigenvalue weighted by molar-refractivity contribution is 5.35. The lowest BCUT2D eigenvalue weighted by molar-refractivity contribution is 0.0358. The van der Waals surface area contributed by atoms with Crippen molar-refractivity contribution in [2.45, 2.75) is 26.3 Å². The topological polar surface area (TPSA) is 69.2 Å². The number of nitrogens with two attached hydrogens (primary N) is 1. The SMILES string of the molecule is CC(C)c1c(N)nnn1CCN1CCOCC1. The van der Waals surface area contributed by atoms with Gasteiger partial charge in [-0.2, -0.15) is 0 Å². The molecule has 96 valence electrons. The van der Waals surface area contributed by atoms with Crippen LogP contribution in [0.2, 0.25) is 0 Å². The molecular formula is C11H21N5O. The monoisotopic (exact) mass is 239 g/mol. The Labute approximate surface area is 102 Å². The van der Waals surface area contributed by atoms with Crippen molar-refractivity contribution in [2.24, 2.45) is 0 Å². The highest BCUT2D eigenvalue weighted by atomic mass is 16.5. The van der Waals surface area contributed by atoms with E-state index in [9.17, 15) is 0 Å². The van der Waals surface area contributed by atoms with Crippen molar-refractivity contribution >= 4 is 5.82 Å². The molecule has 17 heavy (non-hydrogen) atoms. The summed E-state index contributed by atoms with van der Waals surface area (Å²) in [6, 6.07) is 0. The number of morpholine rings is 1. The molecule has 1 aromatic heterocycles. The Morgan fingerprint density at radius 2 is 2.00 bits per heavy atom. The van der Waals surface area contributed by atoms with Crippen molar-refractivity contribution in [1.82, 2.24) is 19.9 Å². The van der Waals surface area contributed by atoms with E-state index >= 15 is 0 Å². The zero-order valence-corrected chi connectivity index (χ0v) is 10.6. The quantitative estimate of drug-likeness (QED) is 0.819. The summed E-state index contributed by atoms with van der Waals surface area (Å²) in [6.07, 6.45) is 0. The van der Waals surface area contributed by atoms with E-state index in [1.165, 1.54) is 0 Å². The van der Waals surface area contributed by atoms with Crippen LogP contribution in [0.15, 0.2) is 0 Å². The van der Waals surface area contributed by atoms with Crippen LogP contribution >= 0.6 is 0 Å². The van der Waals surface area contributed by atoms with E-state index in [0.717, 1.165) is 45.1 Å². The third-order valence-corrected chi connectivity index (χ3v) is 3.08. The maximum atomic E-state index is 5.82. The van der Waals surface area contributed by atoms with Gasteiger partial charge in [0, 0.05) is 19.6 Å². The van der Waals surface area contributed by atoms with Gasteiger partial charge in [-0.05, 0) is 5.92 Å². The first-order valence-corrected chi connectivity index (χ1v) is 6.17. The predicted octanol–water partition coefficient (Wildman–Crippen LogP) is 0.316. The second-order valence-electron chi connectivity index (χ2n) is 4.69. The molecule has 1 fully saturated rings. The van der Waals surface area contributed by atoms with Crippen molar-refractivity contribution in [3.05, 3.63) is 5.69 Å². The number of hydrogen-bond acceptors (Lipinski definition) is 5. The van der Waals surface area contributed by atoms with Gasteiger partial charge in [-0.25, -0.2) is 4.68 Å². The lowest BCUT2D eigenvalue weighted by Crippen LogP contribution is -2.38. The maximum absolute atomic E-state index is 5.82. The van der Waals surface area contributed by atoms with E-state index in [2.05, 4.69) is 29.1 Å². The van der Waals surface area contributed by atoms with Gasteiger partial charge in [0.2, 0.25) is 0 Å². The molecule has 0 saturated carbocycles. The summed E-state index contributed by atoms with van der Waals surface area (Å²) in [5, 5.41) is 8.05. The number of aromatic nitrogens is 3. The molecule has 0 unspecified atom stereocenters. The molecule has 1 saturated heterocycles. The molecule has 6 heteroatoms. The number of nitrogen functional groups attached to an aromatic ring is 1. The normalized spacial score (nSPS) is 17.8. The van der Waals surface area contributed by atoms with Gasteiger partial charge in [0.15, 0.2) is 5.82 Å². The van der Waals surface area contributed by atoms with E-state index in [-0.39, 0.29) is 0 Å². The van der Waals surface area contributed by atoms with Gasteiger partial charge in [-0.15, -0.1) is 5.10 Å². The smallest absolute Gasteiger partial charge is 0.169 e. The predicted molar refractivity (Wildman–Crippen MR) is 65.8 cm³/mol. The summed E-state index contributed by atoms with van der Waals surface area (Å²) in [7, 11) is 0. The summed E-state index contributed by atoms with van der Waals surface area (Å²) in [4.78, 5) is 2.38. The standard InChI is InChI=1S/C11H21N5O/c1-9(2)10-11(12)13-14-16(10)4-3-15-5-7-17-8-6-15/h9H,3-8,12H2,1-2H3. The van der Waals surface area contributed by atoms with Crippen LogP contribution in [0.25, 0.3) is 0 Å². The van der Waals surface area contributed by atoms with Gasteiger partial charge in [0.05, 0.1) is 25.5 Å². The van der Waals surface area contributed by atoms with Crippen LogP contribution in [0.5, 0.6) is 0 Å². The Hall–Kier alpha value is -1.14. The Morgan fingerprint density at radius 3 is 2.65 bits per heavy atom. The van der Waals surface area contributed by atoms with Crippen molar-refractivity contribution in [3.8, 4) is 0 Å². The molecule has 0 spiro atoms. The first kappa shape index (κ1) is 12.3. The molecule has 0 aliphatic carbocycles. The average Bonchev–Trinajstić information content (AvgIpc) is 2.69. The highest BCUT2D eigenvalue weighted by Crippen LogP contribution is 2.18. The molecule has 0 aromatic carbocycles. The van der Waals surface area contributed by atoms with Gasteiger partial charge >= 0.3 is 0 Å². The van der Waals surface area contributed by atoms with Gasteiger partial charge < -0.3 is 10.5 Å². The van der Waals surface area contributed by atoms with Crippen LogP contribution < -0.4 is 5.73 Å². The molecule has 0 bridgehead atoms.